The molecule has 98 valence electrons. The molecule has 3 N–H and O–H groups in total. The molecule has 1 saturated heterocycles. The molecule has 0 amide bonds. The van der Waals surface area contributed by atoms with E-state index in [0.29, 0.717) is 0 Å². The molecule has 1 heterocycles. The van der Waals surface area contributed by atoms with Crippen LogP contribution in [-0.4, -0.2) is 18.9 Å². The number of benzene rings is 1. The second kappa shape index (κ2) is 5.74. The lowest BCUT2D eigenvalue weighted by Crippen LogP contribution is -2.27. The van der Waals surface area contributed by atoms with E-state index >= 15 is 0 Å². The minimum Gasteiger partial charge on any atom is -0.384 e. The lowest BCUT2D eigenvalue weighted by atomic mass is 10.0. The minimum atomic E-state index is 0.142. The van der Waals surface area contributed by atoms with Gasteiger partial charge in [0.15, 0.2) is 0 Å². The molecule has 0 saturated carbocycles. The van der Waals surface area contributed by atoms with Gasteiger partial charge in [0.1, 0.15) is 5.84 Å². The summed E-state index contributed by atoms with van der Waals surface area (Å²) in [6.07, 6.45) is 3.73. The molecule has 1 unspecified atom stereocenters. The fourth-order valence-corrected chi connectivity index (χ4v) is 2.86. The van der Waals surface area contributed by atoms with Crippen molar-refractivity contribution in [2.75, 3.05) is 18.0 Å². The van der Waals surface area contributed by atoms with Crippen molar-refractivity contribution in [2.24, 2.45) is 11.7 Å². The van der Waals surface area contributed by atoms with Crippen LogP contribution in [0.1, 0.15) is 31.7 Å². The van der Waals surface area contributed by atoms with Gasteiger partial charge in [0.05, 0.1) is 0 Å². The number of hydrogen-bond donors (Lipinski definition) is 2. The van der Waals surface area contributed by atoms with E-state index in [2.05, 4.69) is 33.8 Å². The molecule has 0 radical (unpaired) electrons. The van der Waals surface area contributed by atoms with Crippen LogP contribution in [0.25, 0.3) is 0 Å². The van der Waals surface area contributed by atoms with E-state index in [1.54, 1.807) is 0 Å². The lowest BCUT2D eigenvalue weighted by molar-refractivity contribution is 0.521. The van der Waals surface area contributed by atoms with Gasteiger partial charge in [-0.05, 0) is 43.4 Å². The lowest BCUT2D eigenvalue weighted by Gasteiger charge is -2.25. The first-order valence-corrected chi connectivity index (χ1v) is 7.26. The van der Waals surface area contributed by atoms with E-state index < -0.39 is 0 Å². The number of nitrogens with two attached hydrogens (primary N) is 1. The van der Waals surface area contributed by atoms with Crippen LogP contribution in [0.4, 0.5) is 5.69 Å². The van der Waals surface area contributed by atoms with Crippen molar-refractivity contribution in [3.05, 3.63) is 28.2 Å². The van der Waals surface area contributed by atoms with Gasteiger partial charge >= 0.3 is 0 Å². The Balaban J connectivity index is 2.29. The summed E-state index contributed by atoms with van der Waals surface area (Å²) in [5, 5.41) is 7.72. The number of nitrogens with zero attached hydrogens (tertiary/aromatic N) is 1. The highest BCUT2D eigenvalue weighted by atomic mass is 79.9. The van der Waals surface area contributed by atoms with E-state index in [0.717, 1.165) is 34.7 Å². The van der Waals surface area contributed by atoms with Gasteiger partial charge in [-0.25, -0.2) is 0 Å². The van der Waals surface area contributed by atoms with E-state index in [9.17, 15) is 0 Å². The molecule has 4 heteroatoms. The first kappa shape index (κ1) is 13.4. The van der Waals surface area contributed by atoms with Crippen molar-refractivity contribution < 1.29 is 0 Å². The van der Waals surface area contributed by atoms with Crippen LogP contribution in [0.15, 0.2) is 22.7 Å². The molecule has 0 spiro atoms. The standard InChI is InChI=1S/C14H20BrN3/c1-10-3-2-7-18(8-6-10)13-5-4-11(15)9-12(13)14(16)17/h4-5,9-10H,2-3,6-8H2,1H3,(H3,16,17). The molecule has 1 aromatic carbocycles. The maximum Gasteiger partial charge on any atom is 0.124 e. The first-order valence-electron chi connectivity index (χ1n) is 6.47. The van der Waals surface area contributed by atoms with Crippen LogP contribution < -0.4 is 10.6 Å². The Bertz CT molecular complexity index is 445. The normalized spacial score (nSPS) is 20.6. The first-order chi connectivity index (χ1) is 8.58. The zero-order valence-electron chi connectivity index (χ0n) is 10.7. The summed E-state index contributed by atoms with van der Waals surface area (Å²) in [6.45, 7) is 4.44. The number of hydrogen-bond acceptors (Lipinski definition) is 2. The van der Waals surface area contributed by atoms with Gasteiger partial charge in [-0.2, -0.15) is 0 Å². The van der Waals surface area contributed by atoms with E-state index in [1.165, 1.54) is 19.3 Å². The van der Waals surface area contributed by atoms with Crippen molar-refractivity contribution in [1.29, 1.82) is 5.41 Å². The Labute approximate surface area is 117 Å². The highest BCUT2D eigenvalue weighted by Crippen LogP contribution is 2.27. The van der Waals surface area contributed by atoms with Crippen LogP contribution in [0, 0.1) is 11.3 Å². The van der Waals surface area contributed by atoms with Crippen molar-refractivity contribution in [3.63, 3.8) is 0 Å². The van der Waals surface area contributed by atoms with Crippen molar-refractivity contribution in [2.45, 2.75) is 26.2 Å². The molecule has 0 aromatic heterocycles. The third kappa shape index (κ3) is 3.05. The van der Waals surface area contributed by atoms with Crippen LogP contribution in [0.3, 0.4) is 0 Å². The Morgan fingerprint density at radius 3 is 2.89 bits per heavy atom. The molecule has 1 atom stereocenters. The van der Waals surface area contributed by atoms with Gasteiger partial charge in [-0.15, -0.1) is 0 Å². The number of nitrogen functional groups attached to an aromatic ring is 1. The molecule has 1 aliphatic rings. The molecule has 1 aliphatic heterocycles. The Kier molecular flexibility index (Phi) is 4.27. The highest BCUT2D eigenvalue weighted by molar-refractivity contribution is 9.10. The SMILES string of the molecule is CC1CCCN(c2ccc(Br)cc2C(=N)N)CC1. The second-order valence-electron chi connectivity index (χ2n) is 5.10. The van der Waals surface area contributed by atoms with Gasteiger partial charge in [-0.1, -0.05) is 22.9 Å². The van der Waals surface area contributed by atoms with Crippen LogP contribution in [0.2, 0.25) is 0 Å². The zero-order valence-corrected chi connectivity index (χ0v) is 12.3. The zero-order chi connectivity index (χ0) is 13.1. The van der Waals surface area contributed by atoms with Gasteiger partial charge in [0.25, 0.3) is 0 Å². The van der Waals surface area contributed by atoms with Gasteiger partial charge < -0.3 is 10.6 Å². The highest BCUT2D eigenvalue weighted by Gasteiger charge is 2.17. The summed E-state index contributed by atoms with van der Waals surface area (Å²) in [7, 11) is 0. The molecular weight excluding hydrogens is 290 g/mol. The molecular formula is C14H20BrN3. The fourth-order valence-electron chi connectivity index (χ4n) is 2.50. The number of amidine groups is 1. The number of rotatable bonds is 2. The van der Waals surface area contributed by atoms with Crippen molar-refractivity contribution in [1.82, 2.24) is 0 Å². The van der Waals surface area contributed by atoms with Crippen molar-refractivity contribution in [3.8, 4) is 0 Å². The maximum atomic E-state index is 7.72. The largest absolute Gasteiger partial charge is 0.384 e. The molecule has 2 rings (SSSR count). The molecule has 3 nitrogen and oxygen atoms in total. The molecule has 0 aliphatic carbocycles. The maximum absolute atomic E-state index is 7.72. The minimum absolute atomic E-state index is 0.142. The van der Waals surface area contributed by atoms with Gasteiger partial charge in [0, 0.05) is 28.8 Å². The summed E-state index contributed by atoms with van der Waals surface area (Å²) in [5.41, 5.74) is 7.62. The number of nitrogens with one attached hydrogen (secondary N) is 1. The number of anilines is 1. The molecule has 0 bridgehead atoms. The molecule has 1 aromatic rings. The average molecular weight is 310 g/mol. The predicted octanol–water partition coefficient (Wildman–Crippen LogP) is 3.36. The Morgan fingerprint density at radius 2 is 2.17 bits per heavy atom. The molecule has 1 fully saturated rings. The topological polar surface area (TPSA) is 53.1 Å². The van der Waals surface area contributed by atoms with Crippen LogP contribution in [0.5, 0.6) is 0 Å². The summed E-state index contributed by atoms with van der Waals surface area (Å²) in [5.74, 6) is 0.940. The molecule has 18 heavy (non-hydrogen) atoms. The Morgan fingerprint density at radius 1 is 1.39 bits per heavy atom. The quantitative estimate of drug-likeness (QED) is 0.650. The summed E-state index contributed by atoms with van der Waals surface area (Å²) < 4.78 is 0.972. The van der Waals surface area contributed by atoms with Crippen LogP contribution >= 0.6 is 15.9 Å². The van der Waals surface area contributed by atoms with Gasteiger partial charge in [-0.3, -0.25) is 5.41 Å². The predicted molar refractivity (Wildman–Crippen MR) is 80.4 cm³/mol. The monoisotopic (exact) mass is 309 g/mol. The van der Waals surface area contributed by atoms with E-state index in [-0.39, 0.29) is 5.84 Å². The summed E-state index contributed by atoms with van der Waals surface area (Å²) in [6, 6.07) is 6.03. The van der Waals surface area contributed by atoms with E-state index in [1.807, 2.05) is 12.1 Å². The second-order valence-corrected chi connectivity index (χ2v) is 6.01. The Hall–Kier alpha value is -1.03. The van der Waals surface area contributed by atoms with Crippen LogP contribution in [-0.2, 0) is 0 Å². The summed E-state index contributed by atoms with van der Waals surface area (Å²) in [4.78, 5) is 2.37. The fraction of sp³-hybridized carbons (Fsp3) is 0.500. The third-order valence-corrected chi connectivity index (χ3v) is 4.10. The number of halogens is 1. The third-order valence-electron chi connectivity index (χ3n) is 3.61. The summed E-state index contributed by atoms with van der Waals surface area (Å²) >= 11 is 3.44. The van der Waals surface area contributed by atoms with E-state index in [4.69, 9.17) is 11.1 Å². The van der Waals surface area contributed by atoms with Crippen molar-refractivity contribution >= 4 is 27.5 Å². The smallest absolute Gasteiger partial charge is 0.124 e. The van der Waals surface area contributed by atoms with Gasteiger partial charge in [0.2, 0.25) is 0 Å². The average Bonchev–Trinajstić information content (AvgIpc) is 2.54.